The molecule has 0 aromatic carbocycles. The minimum atomic E-state index is -0.342. The second-order valence-corrected chi connectivity index (χ2v) is 9.36. The molecule has 3 heterocycles. The summed E-state index contributed by atoms with van der Waals surface area (Å²) in [7, 11) is 0. The molecular formula is C24H40N6O2. The molecule has 1 aromatic rings. The van der Waals surface area contributed by atoms with E-state index in [1.165, 1.54) is 0 Å². The quantitative estimate of drug-likeness (QED) is 0.624. The third-order valence-corrected chi connectivity index (χ3v) is 6.75. The molecule has 0 saturated carbocycles. The fourth-order valence-electron chi connectivity index (χ4n) is 5.06. The van der Waals surface area contributed by atoms with Crippen LogP contribution < -0.4 is 9.80 Å². The lowest BCUT2D eigenvalue weighted by Gasteiger charge is -2.43. The first kappa shape index (κ1) is 24.7. The Balaban J connectivity index is 1.77. The Morgan fingerprint density at radius 2 is 1.47 bits per heavy atom. The predicted octanol–water partition coefficient (Wildman–Crippen LogP) is 1.52. The van der Waals surface area contributed by atoms with Crippen LogP contribution in [0.1, 0.15) is 46.1 Å². The first-order chi connectivity index (χ1) is 15.4. The van der Waals surface area contributed by atoms with Crippen LogP contribution in [0.25, 0.3) is 0 Å². The summed E-state index contributed by atoms with van der Waals surface area (Å²) >= 11 is 0. The first-order valence-corrected chi connectivity index (χ1v) is 12.1. The van der Waals surface area contributed by atoms with Gasteiger partial charge in [-0.1, -0.05) is 13.8 Å². The minimum absolute atomic E-state index is 0.325. The van der Waals surface area contributed by atoms with Gasteiger partial charge in [0, 0.05) is 64.4 Å². The second-order valence-electron chi connectivity index (χ2n) is 9.36. The van der Waals surface area contributed by atoms with Crippen molar-refractivity contribution in [3.05, 3.63) is 17.7 Å². The Bertz CT molecular complexity index is 780. The predicted molar refractivity (Wildman–Crippen MR) is 128 cm³/mol. The smallest absolute Gasteiger partial charge is 0.149 e. The van der Waals surface area contributed by atoms with Crippen molar-refractivity contribution in [3.63, 3.8) is 0 Å². The van der Waals surface area contributed by atoms with Gasteiger partial charge in [-0.15, -0.1) is 0 Å². The maximum atomic E-state index is 9.84. The summed E-state index contributed by atoms with van der Waals surface area (Å²) in [4.78, 5) is 14.3. The molecule has 0 amide bonds. The summed E-state index contributed by atoms with van der Waals surface area (Å²) in [6.45, 7) is 14.5. The lowest BCUT2D eigenvalue weighted by molar-refractivity contribution is 0.0882. The van der Waals surface area contributed by atoms with E-state index in [4.69, 9.17) is 4.98 Å². The third kappa shape index (κ3) is 5.90. The van der Waals surface area contributed by atoms with Crippen LogP contribution in [0.15, 0.2) is 12.1 Å². The fraction of sp³-hybridized carbons (Fsp3) is 0.750. The van der Waals surface area contributed by atoms with Crippen LogP contribution >= 0.6 is 0 Å². The maximum absolute atomic E-state index is 9.84. The van der Waals surface area contributed by atoms with E-state index in [1.807, 2.05) is 26.0 Å². The summed E-state index contributed by atoms with van der Waals surface area (Å²) < 4.78 is 0. The number of hydrogen-bond acceptors (Lipinski definition) is 8. The molecule has 2 saturated heterocycles. The molecule has 0 spiro atoms. The van der Waals surface area contributed by atoms with Crippen molar-refractivity contribution < 1.29 is 10.2 Å². The molecule has 2 aliphatic rings. The largest absolute Gasteiger partial charge is 0.392 e. The van der Waals surface area contributed by atoms with Gasteiger partial charge in [-0.25, -0.2) is 4.98 Å². The highest BCUT2D eigenvalue weighted by Crippen LogP contribution is 2.27. The highest BCUT2D eigenvalue weighted by atomic mass is 16.3. The number of piperazine rings is 2. The van der Waals surface area contributed by atoms with Crippen molar-refractivity contribution in [2.45, 2.75) is 64.8 Å². The average Bonchev–Trinajstić information content (AvgIpc) is 2.78. The molecule has 32 heavy (non-hydrogen) atoms. The van der Waals surface area contributed by atoms with Crippen LogP contribution in [0.2, 0.25) is 0 Å². The summed E-state index contributed by atoms with van der Waals surface area (Å²) in [5, 5.41) is 29.4. The van der Waals surface area contributed by atoms with Crippen molar-refractivity contribution >= 4 is 11.6 Å². The van der Waals surface area contributed by atoms with Gasteiger partial charge in [-0.2, -0.15) is 5.26 Å². The van der Waals surface area contributed by atoms with E-state index in [0.717, 1.165) is 63.7 Å². The van der Waals surface area contributed by atoms with Crippen LogP contribution in [0.3, 0.4) is 0 Å². The number of rotatable bonds is 8. The van der Waals surface area contributed by atoms with Crippen molar-refractivity contribution in [3.8, 4) is 6.07 Å². The lowest BCUT2D eigenvalue weighted by Crippen LogP contribution is -2.55. The van der Waals surface area contributed by atoms with E-state index in [-0.39, 0.29) is 12.2 Å². The lowest BCUT2D eigenvalue weighted by atomic mass is 10.1. The number of aromatic nitrogens is 1. The molecule has 8 nitrogen and oxygen atoms in total. The van der Waals surface area contributed by atoms with Gasteiger partial charge in [0.2, 0.25) is 0 Å². The topological polar surface area (TPSA) is 90.1 Å². The molecule has 4 atom stereocenters. The normalized spacial score (nSPS) is 24.9. The standard InChI is InChI=1S/C24H40N6O2/c1-5-21-16-29(11-9-27(21)14-18(3)31)23-8-7-20(13-25)24(26-23)30-12-10-28(15-19(4)32)22(6-2)17-30/h7-8,18-19,21-22,31-32H,5-6,9-12,14-17H2,1-4H3/t18-,19+,21-,22-/m1/s1. The van der Waals surface area contributed by atoms with E-state index >= 15 is 0 Å². The summed E-state index contributed by atoms with van der Waals surface area (Å²) in [6.07, 6.45) is 1.35. The average molecular weight is 445 g/mol. The van der Waals surface area contributed by atoms with Gasteiger partial charge in [0.1, 0.15) is 17.7 Å². The molecule has 0 radical (unpaired) electrons. The van der Waals surface area contributed by atoms with Gasteiger partial charge in [-0.05, 0) is 38.8 Å². The molecule has 2 fully saturated rings. The molecule has 8 heteroatoms. The Hall–Kier alpha value is -1.92. The third-order valence-electron chi connectivity index (χ3n) is 6.75. The number of pyridine rings is 1. The van der Waals surface area contributed by atoms with Crippen LogP contribution in [0.4, 0.5) is 11.6 Å². The van der Waals surface area contributed by atoms with Crippen molar-refractivity contribution in [1.29, 1.82) is 5.26 Å². The number of aliphatic hydroxyl groups excluding tert-OH is 2. The molecule has 3 rings (SSSR count). The summed E-state index contributed by atoms with van der Waals surface area (Å²) in [5.41, 5.74) is 0.618. The molecule has 2 aliphatic heterocycles. The molecule has 2 N–H and O–H groups in total. The Labute approximate surface area is 193 Å². The zero-order valence-corrected chi connectivity index (χ0v) is 20.1. The zero-order chi connectivity index (χ0) is 23.3. The number of nitrogens with zero attached hydrogens (tertiary/aromatic N) is 6. The minimum Gasteiger partial charge on any atom is -0.392 e. The van der Waals surface area contributed by atoms with Gasteiger partial charge in [0.25, 0.3) is 0 Å². The van der Waals surface area contributed by atoms with Crippen LogP contribution in [0.5, 0.6) is 0 Å². The number of anilines is 2. The molecule has 0 unspecified atom stereocenters. The van der Waals surface area contributed by atoms with Crippen LogP contribution in [0, 0.1) is 11.3 Å². The Morgan fingerprint density at radius 3 is 1.97 bits per heavy atom. The molecule has 1 aromatic heterocycles. The van der Waals surface area contributed by atoms with Crippen LogP contribution in [-0.4, -0.2) is 102 Å². The van der Waals surface area contributed by atoms with Gasteiger partial charge in [0.15, 0.2) is 0 Å². The first-order valence-electron chi connectivity index (χ1n) is 12.1. The Kier molecular flexibility index (Phi) is 8.72. The molecule has 178 valence electrons. The van der Waals surface area contributed by atoms with Crippen molar-refractivity contribution in [1.82, 2.24) is 14.8 Å². The number of hydrogen-bond donors (Lipinski definition) is 2. The van der Waals surface area contributed by atoms with Crippen molar-refractivity contribution in [2.24, 2.45) is 0 Å². The second kappa shape index (κ2) is 11.3. The maximum Gasteiger partial charge on any atom is 0.149 e. The summed E-state index contributed by atoms with van der Waals surface area (Å²) in [6, 6.07) is 6.93. The number of nitriles is 1. The molecule has 0 bridgehead atoms. The zero-order valence-electron chi connectivity index (χ0n) is 20.1. The number of aliphatic hydroxyl groups is 2. The SMILES string of the molecule is CC[C@@H]1CN(c2nc(N3CCN(C[C@@H](C)O)[C@H](CC)C3)ccc2C#N)CCN1C[C@H](C)O. The van der Waals surface area contributed by atoms with Crippen molar-refractivity contribution in [2.75, 3.05) is 62.2 Å². The Morgan fingerprint density at radius 1 is 0.938 bits per heavy atom. The van der Waals surface area contributed by atoms with E-state index < -0.39 is 0 Å². The summed E-state index contributed by atoms with van der Waals surface area (Å²) in [5.74, 6) is 1.70. The monoisotopic (exact) mass is 444 g/mol. The van der Waals surface area contributed by atoms with Gasteiger partial charge >= 0.3 is 0 Å². The van der Waals surface area contributed by atoms with Gasteiger partial charge < -0.3 is 20.0 Å². The van der Waals surface area contributed by atoms with E-state index in [0.29, 0.717) is 30.7 Å². The van der Waals surface area contributed by atoms with Crippen LogP contribution in [-0.2, 0) is 0 Å². The molecule has 0 aliphatic carbocycles. The number of β-amino-alcohol motifs (C(OH)–C–C–N with tert-alkyl or cyclic N) is 2. The van der Waals surface area contributed by atoms with E-state index in [2.05, 4.69) is 39.5 Å². The van der Waals surface area contributed by atoms with E-state index in [1.54, 1.807) is 0 Å². The van der Waals surface area contributed by atoms with Gasteiger partial charge in [0.05, 0.1) is 17.8 Å². The van der Waals surface area contributed by atoms with E-state index in [9.17, 15) is 15.5 Å². The highest BCUT2D eigenvalue weighted by Gasteiger charge is 2.30. The van der Waals surface area contributed by atoms with Gasteiger partial charge in [-0.3, -0.25) is 9.80 Å². The highest BCUT2D eigenvalue weighted by molar-refractivity contribution is 5.59. The fourth-order valence-corrected chi connectivity index (χ4v) is 5.06. The molecular weight excluding hydrogens is 404 g/mol.